The van der Waals surface area contributed by atoms with Gasteiger partial charge in [0.05, 0.1) is 0 Å². The SMILES string of the molecule is Nc1cccc(NC(=O)COc2ccccc2)c1. The maximum absolute atomic E-state index is 11.6. The first-order chi connectivity index (χ1) is 8.74. The predicted molar refractivity (Wildman–Crippen MR) is 71.4 cm³/mol. The molecule has 0 fully saturated rings. The first-order valence-electron chi connectivity index (χ1n) is 5.57. The van der Waals surface area contributed by atoms with E-state index in [2.05, 4.69) is 5.32 Å². The van der Waals surface area contributed by atoms with Crippen molar-refractivity contribution in [3.63, 3.8) is 0 Å². The number of benzene rings is 2. The summed E-state index contributed by atoms with van der Waals surface area (Å²) < 4.78 is 5.33. The van der Waals surface area contributed by atoms with Gasteiger partial charge in [-0.1, -0.05) is 24.3 Å². The van der Waals surface area contributed by atoms with Gasteiger partial charge >= 0.3 is 0 Å². The van der Waals surface area contributed by atoms with Crippen LogP contribution in [0, 0.1) is 0 Å². The van der Waals surface area contributed by atoms with Crippen molar-refractivity contribution in [2.75, 3.05) is 17.7 Å². The lowest BCUT2D eigenvalue weighted by molar-refractivity contribution is -0.118. The molecule has 0 atom stereocenters. The van der Waals surface area contributed by atoms with Crippen LogP contribution in [0.2, 0.25) is 0 Å². The van der Waals surface area contributed by atoms with Crippen LogP contribution < -0.4 is 15.8 Å². The Kier molecular flexibility index (Phi) is 3.81. The molecule has 0 saturated heterocycles. The number of anilines is 2. The van der Waals surface area contributed by atoms with Crippen LogP contribution in [0.3, 0.4) is 0 Å². The minimum atomic E-state index is -0.218. The fourth-order valence-corrected chi connectivity index (χ4v) is 1.48. The molecule has 2 aromatic carbocycles. The Hall–Kier alpha value is -2.49. The van der Waals surface area contributed by atoms with Crippen molar-refractivity contribution >= 4 is 17.3 Å². The Balaban J connectivity index is 1.86. The largest absolute Gasteiger partial charge is 0.484 e. The van der Waals surface area contributed by atoms with Gasteiger partial charge in [0, 0.05) is 11.4 Å². The van der Waals surface area contributed by atoms with E-state index in [0.717, 1.165) is 0 Å². The summed E-state index contributed by atoms with van der Waals surface area (Å²) in [4.78, 5) is 11.6. The number of nitrogen functional groups attached to an aromatic ring is 1. The lowest BCUT2D eigenvalue weighted by atomic mass is 10.3. The molecule has 0 aliphatic heterocycles. The summed E-state index contributed by atoms with van der Waals surface area (Å²) in [5.41, 5.74) is 6.89. The van der Waals surface area contributed by atoms with Crippen molar-refractivity contribution in [3.05, 3.63) is 54.6 Å². The van der Waals surface area contributed by atoms with Gasteiger partial charge in [0.2, 0.25) is 0 Å². The number of ether oxygens (including phenoxy) is 1. The average Bonchev–Trinajstić information content (AvgIpc) is 2.38. The van der Waals surface area contributed by atoms with Gasteiger partial charge in [0.1, 0.15) is 5.75 Å². The highest BCUT2D eigenvalue weighted by Crippen LogP contribution is 2.12. The van der Waals surface area contributed by atoms with Crippen molar-refractivity contribution in [3.8, 4) is 5.75 Å². The monoisotopic (exact) mass is 242 g/mol. The number of rotatable bonds is 4. The topological polar surface area (TPSA) is 64.3 Å². The fourth-order valence-electron chi connectivity index (χ4n) is 1.48. The summed E-state index contributed by atoms with van der Waals surface area (Å²) in [6.45, 7) is -0.0290. The normalized spacial score (nSPS) is 9.78. The van der Waals surface area contributed by atoms with E-state index < -0.39 is 0 Å². The molecule has 0 bridgehead atoms. The van der Waals surface area contributed by atoms with Crippen LogP contribution in [0.4, 0.5) is 11.4 Å². The third-order valence-corrected chi connectivity index (χ3v) is 2.28. The van der Waals surface area contributed by atoms with E-state index in [4.69, 9.17) is 10.5 Å². The molecule has 0 aromatic heterocycles. The van der Waals surface area contributed by atoms with Crippen LogP contribution in [-0.4, -0.2) is 12.5 Å². The average molecular weight is 242 g/mol. The van der Waals surface area contributed by atoms with E-state index in [-0.39, 0.29) is 12.5 Å². The molecule has 1 amide bonds. The lowest BCUT2D eigenvalue weighted by Gasteiger charge is -2.07. The fraction of sp³-hybridized carbons (Fsp3) is 0.0714. The Morgan fingerprint density at radius 1 is 1.11 bits per heavy atom. The number of hydrogen-bond acceptors (Lipinski definition) is 3. The summed E-state index contributed by atoms with van der Waals surface area (Å²) in [7, 11) is 0. The second-order valence-electron chi connectivity index (χ2n) is 3.78. The number of carbonyl (C=O) groups is 1. The molecule has 0 unspecified atom stereocenters. The highest BCUT2D eigenvalue weighted by Gasteiger charge is 2.03. The van der Waals surface area contributed by atoms with Gasteiger partial charge in [-0.2, -0.15) is 0 Å². The smallest absolute Gasteiger partial charge is 0.262 e. The molecule has 4 nitrogen and oxygen atoms in total. The standard InChI is InChI=1S/C14H14N2O2/c15-11-5-4-6-12(9-11)16-14(17)10-18-13-7-2-1-3-8-13/h1-9H,10,15H2,(H,16,17). The third-order valence-electron chi connectivity index (χ3n) is 2.28. The van der Waals surface area contributed by atoms with Gasteiger partial charge in [0.15, 0.2) is 6.61 Å². The predicted octanol–water partition coefficient (Wildman–Crippen LogP) is 2.29. The molecule has 0 aliphatic rings. The first-order valence-corrected chi connectivity index (χ1v) is 5.57. The van der Waals surface area contributed by atoms with Gasteiger partial charge in [-0.3, -0.25) is 4.79 Å². The van der Waals surface area contributed by atoms with Gasteiger partial charge < -0.3 is 15.8 Å². The van der Waals surface area contributed by atoms with Crippen molar-refractivity contribution in [1.82, 2.24) is 0 Å². The van der Waals surface area contributed by atoms with Crippen LogP contribution in [-0.2, 0) is 4.79 Å². The Morgan fingerprint density at radius 3 is 2.61 bits per heavy atom. The van der Waals surface area contributed by atoms with Gasteiger partial charge in [-0.15, -0.1) is 0 Å². The molecule has 2 rings (SSSR count). The summed E-state index contributed by atoms with van der Waals surface area (Å²) in [5.74, 6) is 0.449. The van der Waals surface area contributed by atoms with Crippen molar-refractivity contribution < 1.29 is 9.53 Å². The second-order valence-corrected chi connectivity index (χ2v) is 3.78. The number of amides is 1. The van der Waals surface area contributed by atoms with E-state index in [1.54, 1.807) is 36.4 Å². The molecule has 92 valence electrons. The molecule has 0 radical (unpaired) electrons. The second kappa shape index (κ2) is 5.72. The number of nitrogens with one attached hydrogen (secondary N) is 1. The van der Waals surface area contributed by atoms with E-state index >= 15 is 0 Å². The van der Waals surface area contributed by atoms with E-state index in [1.165, 1.54) is 0 Å². The molecule has 2 aromatic rings. The molecular formula is C14H14N2O2. The quantitative estimate of drug-likeness (QED) is 0.808. The van der Waals surface area contributed by atoms with Crippen LogP contribution in [0.15, 0.2) is 54.6 Å². The minimum Gasteiger partial charge on any atom is -0.484 e. The van der Waals surface area contributed by atoms with E-state index in [0.29, 0.717) is 17.1 Å². The summed E-state index contributed by atoms with van der Waals surface area (Å²) >= 11 is 0. The molecule has 18 heavy (non-hydrogen) atoms. The number of hydrogen-bond donors (Lipinski definition) is 2. The molecular weight excluding hydrogens is 228 g/mol. The van der Waals surface area contributed by atoms with E-state index in [1.807, 2.05) is 18.2 Å². The molecule has 4 heteroatoms. The molecule has 3 N–H and O–H groups in total. The maximum atomic E-state index is 11.6. The first kappa shape index (κ1) is 12.0. The number of para-hydroxylation sites is 1. The van der Waals surface area contributed by atoms with Crippen LogP contribution >= 0.6 is 0 Å². The van der Waals surface area contributed by atoms with Crippen molar-refractivity contribution in [1.29, 1.82) is 0 Å². The Morgan fingerprint density at radius 2 is 1.89 bits per heavy atom. The van der Waals surface area contributed by atoms with Gasteiger partial charge in [-0.05, 0) is 30.3 Å². The van der Waals surface area contributed by atoms with Gasteiger partial charge in [0.25, 0.3) is 5.91 Å². The Labute approximate surface area is 105 Å². The van der Waals surface area contributed by atoms with E-state index in [9.17, 15) is 4.79 Å². The number of carbonyl (C=O) groups excluding carboxylic acids is 1. The van der Waals surface area contributed by atoms with Crippen LogP contribution in [0.5, 0.6) is 5.75 Å². The zero-order valence-electron chi connectivity index (χ0n) is 9.80. The van der Waals surface area contributed by atoms with Crippen molar-refractivity contribution in [2.45, 2.75) is 0 Å². The molecule has 0 aliphatic carbocycles. The highest BCUT2D eigenvalue weighted by atomic mass is 16.5. The third kappa shape index (κ3) is 3.52. The maximum Gasteiger partial charge on any atom is 0.262 e. The van der Waals surface area contributed by atoms with Crippen LogP contribution in [0.1, 0.15) is 0 Å². The molecule has 0 saturated carbocycles. The van der Waals surface area contributed by atoms with Gasteiger partial charge in [-0.25, -0.2) is 0 Å². The summed E-state index contributed by atoms with van der Waals surface area (Å²) in [6.07, 6.45) is 0. The Bertz CT molecular complexity index is 526. The lowest BCUT2D eigenvalue weighted by Crippen LogP contribution is -2.20. The highest BCUT2D eigenvalue weighted by molar-refractivity contribution is 5.92. The zero-order chi connectivity index (χ0) is 12.8. The molecule has 0 spiro atoms. The molecule has 0 heterocycles. The zero-order valence-corrected chi connectivity index (χ0v) is 9.80. The number of nitrogens with two attached hydrogens (primary N) is 1. The van der Waals surface area contributed by atoms with Crippen molar-refractivity contribution in [2.24, 2.45) is 0 Å². The summed E-state index contributed by atoms with van der Waals surface area (Å²) in [5, 5.41) is 2.71. The van der Waals surface area contributed by atoms with Crippen LogP contribution in [0.25, 0.3) is 0 Å². The summed E-state index contributed by atoms with van der Waals surface area (Å²) in [6, 6.07) is 16.2. The minimum absolute atomic E-state index is 0.0290.